The molecule has 2 nitrogen and oxygen atoms in total. The Morgan fingerprint density at radius 3 is 2.36 bits per heavy atom. The molecule has 0 heterocycles. The van der Waals surface area contributed by atoms with Crippen LogP contribution in [0.15, 0.2) is 30.3 Å². The second-order valence-corrected chi connectivity index (χ2v) is 6.05. The molecule has 0 aliphatic heterocycles. The molecule has 0 atom stereocenters. The molecule has 7 heteroatoms. The Balaban J connectivity index is 2.35. The van der Waals surface area contributed by atoms with E-state index in [-0.39, 0.29) is 12.0 Å². The van der Waals surface area contributed by atoms with Crippen molar-refractivity contribution in [3.05, 3.63) is 69.0 Å². The Bertz CT molecular complexity index is 802. The fraction of sp³-hybridized carbons (Fsp3) is 0.278. The normalized spacial score (nSPS) is 11.6. The van der Waals surface area contributed by atoms with Gasteiger partial charge in [0.05, 0.1) is 11.1 Å². The number of hydrogen-bond acceptors (Lipinski definition) is 1. The number of carbonyl (C=O) groups is 1. The van der Waals surface area contributed by atoms with E-state index in [1.165, 1.54) is 0 Å². The van der Waals surface area contributed by atoms with Gasteiger partial charge in [0, 0.05) is 5.02 Å². The van der Waals surface area contributed by atoms with Crippen LogP contribution in [-0.4, -0.2) is 5.91 Å². The van der Waals surface area contributed by atoms with Crippen LogP contribution in [-0.2, 0) is 25.4 Å². The molecule has 0 saturated heterocycles. The molecule has 1 amide bonds. The number of alkyl halides is 3. The van der Waals surface area contributed by atoms with Crippen LogP contribution in [0.25, 0.3) is 0 Å². The number of aryl methyl sites for hydroxylation is 3. The van der Waals surface area contributed by atoms with E-state index in [1.54, 1.807) is 12.1 Å². The van der Waals surface area contributed by atoms with Crippen LogP contribution in [0.4, 0.5) is 17.6 Å². The third kappa shape index (κ3) is 4.51. The lowest BCUT2D eigenvalue weighted by atomic mass is 9.97. The van der Waals surface area contributed by atoms with Crippen molar-refractivity contribution in [2.75, 3.05) is 0 Å². The molecule has 0 fully saturated rings. The molecular formula is C18H16ClF4NO. The molecule has 25 heavy (non-hydrogen) atoms. The molecule has 2 aromatic rings. The van der Waals surface area contributed by atoms with Crippen LogP contribution < -0.4 is 5.73 Å². The maximum atomic E-state index is 14.3. The number of carbonyl (C=O) groups excluding carboxylic acids is 1. The van der Waals surface area contributed by atoms with Crippen molar-refractivity contribution in [1.29, 1.82) is 0 Å². The second-order valence-electron chi connectivity index (χ2n) is 5.64. The minimum absolute atomic E-state index is 0.000813. The van der Waals surface area contributed by atoms with Gasteiger partial charge in [0.15, 0.2) is 0 Å². The number of halogens is 5. The number of nitrogens with two attached hydrogens (primary N) is 1. The van der Waals surface area contributed by atoms with Gasteiger partial charge >= 0.3 is 6.18 Å². The van der Waals surface area contributed by atoms with Crippen LogP contribution in [0, 0.1) is 5.82 Å². The van der Waals surface area contributed by atoms with Crippen LogP contribution >= 0.6 is 11.6 Å². The summed E-state index contributed by atoms with van der Waals surface area (Å²) in [7, 11) is 0. The molecule has 2 rings (SSSR count). The van der Waals surface area contributed by atoms with E-state index < -0.39 is 29.0 Å². The highest BCUT2D eigenvalue weighted by atomic mass is 35.5. The van der Waals surface area contributed by atoms with Crippen LogP contribution in [0.5, 0.6) is 0 Å². The third-order valence-corrected chi connectivity index (χ3v) is 4.28. The van der Waals surface area contributed by atoms with Crippen molar-refractivity contribution in [3.63, 3.8) is 0 Å². The van der Waals surface area contributed by atoms with Gasteiger partial charge in [-0.15, -0.1) is 0 Å². The highest BCUT2D eigenvalue weighted by molar-refractivity contribution is 6.31. The van der Waals surface area contributed by atoms with Gasteiger partial charge in [0.1, 0.15) is 5.82 Å². The molecule has 0 aliphatic carbocycles. The van der Waals surface area contributed by atoms with E-state index >= 15 is 0 Å². The van der Waals surface area contributed by atoms with Crippen molar-refractivity contribution >= 4 is 17.5 Å². The largest absolute Gasteiger partial charge is 0.416 e. The van der Waals surface area contributed by atoms with Gasteiger partial charge in [-0.2, -0.15) is 13.2 Å². The Kier molecular flexibility index (Phi) is 5.72. The van der Waals surface area contributed by atoms with E-state index in [1.807, 2.05) is 13.0 Å². The van der Waals surface area contributed by atoms with E-state index in [2.05, 4.69) is 0 Å². The zero-order valence-corrected chi connectivity index (χ0v) is 14.1. The van der Waals surface area contributed by atoms with Gasteiger partial charge in [-0.1, -0.05) is 30.7 Å². The van der Waals surface area contributed by atoms with Crippen molar-refractivity contribution in [3.8, 4) is 0 Å². The summed E-state index contributed by atoms with van der Waals surface area (Å²) in [4.78, 5) is 11.2. The van der Waals surface area contributed by atoms with Gasteiger partial charge in [0.2, 0.25) is 0 Å². The molecule has 0 spiro atoms. The molecule has 0 aromatic heterocycles. The first-order chi connectivity index (χ1) is 11.6. The smallest absolute Gasteiger partial charge is 0.366 e. The Morgan fingerprint density at radius 2 is 1.80 bits per heavy atom. The van der Waals surface area contributed by atoms with Gasteiger partial charge in [0.25, 0.3) is 5.91 Å². The van der Waals surface area contributed by atoms with Crippen molar-refractivity contribution < 1.29 is 22.4 Å². The summed E-state index contributed by atoms with van der Waals surface area (Å²) in [5.41, 5.74) is 4.67. The standard InChI is InChI=1S/C18H16ClF4NO/c1-2-11-7-10(4-6-15(11)19)3-5-12-8-13(18(21,22)23)9-14(16(12)20)17(24)25/h4,6-9H,2-3,5H2,1H3,(H2,24,25). The number of primary amides is 1. The Morgan fingerprint density at radius 1 is 1.12 bits per heavy atom. The number of rotatable bonds is 5. The van der Waals surface area contributed by atoms with E-state index in [0.717, 1.165) is 17.2 Å². The fourth-order valence-electron chi connectivity index (χ4n) is 2.54. The van der Waals surface area contributed by atoms with Crippen LogP contribution in [0.1, 0.15) is 39.5 Å². The zero-order chi connectivity index (χ0) is 18.8. The molecule has 0 radical (unpaired) electrons. The molecule has 134 valence electrons. The summed E-state index contributed by atoms with van der Waals surface area (Å²) >= 11 is 6.03. The quantitative estimate of drug-likeness (QED) is 0.741. The number of amides is 1. The first kappa shape index (κ1) is 19.2. The molecule has 0 bridgehead atoms. The SMILES string of the molecule is CCc1cc(CCc2cc(C(F)(F)F)cc(C(N)=O)c2F)ccc1Cl. The maximum Gasteiger partial charge on any atom is 0.416 e. The molecule has 0 unspecified atom stereocenters. The van der Waals surface area contributed by atoms with E-state index in [4.69, 9.17) is 17.3 Å². The highest BCUT2D eigenvalue weighted by Gasteiger charge is 2.33. The predicted octanol–water partition coefficient (Wildman–Crippen LogP) is 4.94. The summed E-state index contributed by atoms with van der Waals surface area (Å²) in [6, 6.07) is 6.44. The molecule has 0 aliphatic rings. The Hall–Kier alpha value is -2.08. The molecular weight excluding hydrogens is 358 g/mol. The first-order valence-corrected chi connectivity index (χ1v) is 7.98. The Labute approximate surface area is 147 Å². The van der Waals surface area contributed by atoms with Crippen molar-refractivity contribution in [1.82, 2.24) is 0 Å². The van der Waals surface area contributed by atoms with E-state index in [0.29, 0.717) is 23.9 Å². The molecule has 0 saturated carbocycles. The summed E-state index contributed by atoms with van der Waals surface area (Å²) < 4.78 is 53.2. The first-order valence-electron chi connectivity index (χ1n) is 7.60. The molecule has 2 aromatic carbocycles. The third-order valence-electron chi connectivity index (χ3n) is 3.91. The van der Waals surface area contributed by atoms with Gasteiger partial charge in [-0.05, 0) is 54.2 Å². The lowest BCUT2D eigenvalue weighted by molar-refractivity contribution is -0.137. The summed E-state index contributed by atoms with van der Waals surface area (Å²) in [5.74, 6) is -2.24. The fourth-order valence-corrected chi connectivity index (χ4v) is 2.79. The number of hydrogen-bond donors (Lipinski definition) is 1. The van der Waals surface area contributed by atoms with Crippen LogP contribution in [0.2, 0.25) is 5.02 Å². The van der Waals surface area contributed by atoms with Gasteiger partial charge in [-0.25, -0.2) is 4.39 Å². The second kappa shape index (κ2) is 7.44. The highest BCUT2D eigenvalue weighted by Crippen LogP contribution is 2.32. The topological polar surface area (TPSA) is 43.1 Å². The lowest BCUT2D eigenvalue weighted by Crippen LogP contribution is -2.17. The van der Waals surface area contributed by atoms with Crippen molar-refractivity contribution in [2.45, 2.75) is 32.4 Å². The zero-order valence-electron chi connectivity index (χ0n) is 13.4. The summed E-state index contributed by atoms with van der Waals surface area (Å²) in [5, 5.41) is 0.604. The predicted molar refractivity (Wildman–Crippen MR) is 88.2 cm³/mol. The molecule has 2 N–H and O–H groups in total. The average molecular weight is 374 g/mol. The van der Waals surface area contributed by atoms with Crippen molar-refractivity contribution in [2.24, 2.45) is 5.73 Å². The van der Waals surface area contributed by atoms with E-state index in [9.17, 15) is 22.4 Å². The summed E-state index contributed by atoms with van der Waals surface area (Å²) in [6.45, 7) is 1.93. The lowest BCUT2D eigenvalue weighted by Gasteiger charge is -2.13. The monoisotopic (exact) mass is 373 g/mol. The van der Waals surface area contributed by atoms with Crippen LogP contribution in [0.3, 0.4) is 0 Å². The van der Waals surface area contributed by atoms with Gasteiger partial charge in [-0.3, -0.25) is 4.79 Å². The summed E-state index contributed by atoms with van der Waals surface area (Å²) in [6.07, 6.45) is -3.68. The minimum Gasteiger partial charge on any atom is -0.366 e. The number of benzene rings is 2. The van der Waals surface area contributed by atoms with Gasteiger partial charge < -0.3 is 5.73 Å². The minimum atomic E-state index is -4.69. The maximum absolute atomic E-state index is 14.3. The average Bonchev–Trinajstić information content (AvgIpc) is 2.53.